The van der Waals surface area contributed by atoms with Gasteiger partial charge in [0.05, 0.1) is 0 Å². The molecule has 2 heteroatoms. The highest BCUT2D eigenvalue weighted by Gasteiger charge is 2.33. The van der Waals surface area contributed by atoms with Crippen LogP contribution in [0.4, 0.5) is 5.69 Å². The molecule has 0 amide bonds. The highest BCUT2D eigenvalue weighted by atomic mass is 15.2. The molecule has 0 aliphatic carbocycles. The summed E-state index contributed by atoms with van der Waals surface area (Å²) in [7, 11) is 0. The standard InChI is InChI=1S/C18H30N2/c1-6-18(7-2)14-20(13-12-19-18)16-11-9-8-10-15(16)17(3,4)5/h8-11,19H,6-7,12-14H2,1-5H3. The molecule has 112 valence electrons. The van der Waals surface area contributed by atoms with Gasteiger partial charge in [-0.1, -0.05) is 52.8 Å². The molecule has 0 atom stereocenters. The molecule has 1 saturated heterocycles. The lowest BCUT2D eigenvalue weighted by molar-refractivity contribution is 0.277. The van der Waals surface area contributed by atoms with Gasteiger partial charge in [0, 0.05) is 30.9 Å². The summed E-state index contributed by atoms with van der Waals surface area (Å²) in [6.07, 6.45) is 2.38. The molecule has 2 rings (SSSR count). The maximum Gasteiger partial charge on any atom is 0.0405 e. The van der Waals surface area contributed by atoms with Gasteiger partial charge in [-0.25, -0.2) is 0 Å². The van der Waals surface area contributed by atoms with E-state index in [2.05, 4.69) is 69.1 Å². The fourth-order valence-corrected chi connectivity index (χ4v) is 3.27. The quantitative estimate of drug-likeness (QED) is 0.897. The van der Waals surface area contributed by atoms with Crippen LogP contribution in [0.2, 0.25) is 0 Å². The van der Waals surface area contributed by atoms with E-state index >= 15 is 0 Å². The zero-order valence-corrected chi connectivity index (χ0v) is 13.8. The summed E-state index contributed by atoms with van der Waals surface area (Å²) >= 11 is 0. The second kappa shape index (κ2) is 5.77. The van der Waals surface area contributed by atoms with E-state index in [0.29, 0.717) is 0 Å². The minimum atomic E-state index is 0.197. The first-order chi connectivity index (χ1) is 9.42. The van der Waals surface area contributed by atoms with Crippen LogP contribution in [-0.2, 0) is 5.41 Å². The molecule has 1 aliphatic heterocycles. The van der Waals surface area contributed by atoms with Gasteiger partial charge >= 0.3 is 0 Å². The van der Waals surface area contributed by atoms with E-state index in [4.69, 9.17) is 0 Å². The summed E-state index contributed by atoms with van der Waals surface area (Å²) < 4.78 is 0. The molecule has 2 nitrogen and oxygen atoms in total. The van der Waals surface area contributed by atoms with Crippen molar-refractivity contribution >= 4 is 5.69 Å². The SMILES string of the molecule is CCC1(CC)CN(c2ccccc2C(C)(C)C)CCN1. The van der Waals surface area contributed by atoms with E-state index in [9.17, 15) is 0 Å². The van der Waals surface area contributed by atoms with Crippen LogP contribution in [-0.4, -0.2) is 25.2 Å². The lowest BCUT2D eigenvalue weighted by atomic mass is 9.84. The third kappa shape index (κ3) is 3.01. The van der Waals surface area contributed by atoms with Crippen LogP contribution in [0.25, 0.3) is 0 Å². The van der Waals surface area contributed by atoms with Crippen molar-refractivity contribution in [3.8, 4) is 0 Å². The third-order valence-electron chi connectivity index (χ3n) is 4.78. The largest absolute Gasteiger partial charge is 0.368 e. The first-order valence-electron chi connectivity index (χ1n) is 8.01. The molecule has 1 N–H and O–H groups in total. The van der Waals surface area contributed by atoms with E-state index in [1.54, 1.807) is 0 Å². The zero-order chi connectivity index (χ0) is 14.8. The van der Waals surface area contributed by atoms with Crippen molar-refractivity contribution in [2.75, 3.05) is 24.5 Å². The van der Waals surface area contributed by atoms with E-state index in [1.807, 2.05) is 0 Å². The second-order valence-corrected chi connectivity index (χ2v) is 7.10. The second-order valence-electron chi connectivity index (χ2n) is 7.10. The molecule has 1 aromatic rings. The minimum absolute atomic E-state index is 0.197. The summed E-state index contributed by atoms with van der Waals surface area (Å²) in [5, 5.41) is 3.75. The van der Waals surface area contributed by atoms with Crippen LogP contribution >= 0.6 is 0 Å². The summed E-state index contributed by atoms with van der Waals surface area (Å²) in [5.41, 5.74) is 3.36. The summed E-state index contributed by atoms with van der Waals surface area (Å²) in [6.45, 7) is 14.8. The number of piperazine rings is 1. The fraction of sp³-hybridized carbons (Fsp3) is 0.667. The average molecular weight is 274 g/mol. The van der Waals surface area contributed by atoms with Crippen molar-refractivity contribution < 1.29 is 0 Å². The maximum atomic E-state index is 3.75. The Morgan fingerprint density at radius 3 is 2.40 bits per heavy atom. The van der Waals surface area contributed by atoms with Crippen molar-refractivity contribution in [2.24, 2.45) is 0 Å². The molecule has 1 heterocycles. The Morgan fingerprint density at radius 1 is 1.15 bits per heavy atom. The first-order valence-corrected chi connectivity index (χ1v) is 8.01. The van der Waals surface area contributed by atoms with Crippen LogP contribution < -0.4 is 10.2 Å². The van der Waals surface area contributed by atoms with Crippen LogP contribution in [0.1, 0.15) is 53.0 Å². The monoisotopic (exact) mass is 274 g/mol. The predicted octanol–water partition coefficient (Wildman–Crippen LogP) is 3.95. The van der Waals surface area contributed by atoms with E-state index in [-0.39, 0.29) is 11.0 Å². The van der Waals surface area contributed by atoms with E-state index in [1.165, 1.54) is 24.1 Å². The Kier molecular flexibility index (Phi) is 4.43. The molecule has 0 spiro atoms. The lowest BCUT2D eigenvalue weighted by Crippen LogP contribution is -2.60. The number of anilines is 1. The van der Waals surface area contributed by atoms with Gasteiger partial charge in [0.15, 0.2) is 0 Å². The molecule has 0 saturated carbocycles. The maximum absolute atomic E-state index is 3.75. The number of benzene rings is 1. The van der Waals surface area contributed by atoms with Gasteiger partial charge in [0.1, 0.15) is 0 Å². The number of nitrogens with zero attached hydrogens (tertiary/aromatic N) is 1. The Morgan fingerprint density at radius 2 is 1.80 bits per heavy atom. The van der Waals surface area contributed by atoms with Crippen molar-refractivity contribution in [1.29, 1.82) is 0 Å². The number of para-hydroxylation sites is 1. The Labute approximate surface area is 124 Å². The Balaban J connectivity index is 2.32. The molecular formula is C18H30N2. The summed E-state index contributed by atoms with van der Waals surface area (Å²) in [4.78, 5) is 2.59. The molecule has 1 fully saturated rings. The van der Waals surface area contributed by atoms with Gasteiger partial charge in [-0.2, -0.15) is 0 Å². The normalized spacial score (nSPS) is 19.1. The van der Waals surface area contributed by atoms with E-state index < -0.39 is 0 Å². The van der Waals surface area contributed by atoms with Gasteiger partial charge in [-0.3, -0.25) is 0 Å². The van der Waals surface area contributed by atoms with Gasteiger partial charge in [-0.05, 0) is 29.9 Å². The van der Waals surface area contributed by atoms with Gasteiger partial charge in [0.2, 0.25) is 0 Å². The Bertz CT molecular complexity index is 441. The minimum Gasteiger partial charge on any atom is -0.368 e. The van der Waals surface area contributed by atoms with Gasteiger partial charge in [0.25, 0.3) is 0 Å². The van der Waals surface area contributed by atoms with Crippen LogP contribution in [0, 0.1) is 0 Å². The number of nitrogens with one attached hydrogen (secondary N) is 1. The van der Waals surface area contributed by atoms with Crippen LogP contribution in [0.5, 0.6) is 0 Å². The third-order valence-corrected chi connectivity index (χ3v) is 4.78. The van der Waals surface area contributed by atoms with Gasteiger partial charge < -0.3 is 10.2 Å². The number of rotatable bonds is 3. The molecule has 0 radical (unpaired) electrons. The van der Waals surface area contributed by atoms with Crippen molar-refractivity contribution in [2.45, 2.75) is 58.4 Å². The highest BCUT2D eigenvalue weighted by Crippen LogP contribution is 2.34. The molecule has 0 bridgehead atoms. The Hall–Kier alpha value is -1.02. The molecular weight excluding hydrogens is 244 g/mol. The first kappa shape index (κ1) is 15.4. The molecule has 1 aliphatic rings. The average Bonchev–Trinajstić information content (AvgIpc) is 2.46. The smallest absolute Gasteiger partial charge is 0.0405 e. The summed E-state index contributed by atoms with van der Waals surface area (Å²) in [6, 6.07) is 8.92. The number of hydrogen-bond donors (Lipinski definition) is 1. The molecule has 20 heavy (non-hydrogen) atoms. The highest BCUT2D eigenvalue weighted by molar-refractivity contribution is 5.57. The fourth-order valence-electron chi connectivity index (χ4n) is 3.27. The lowest BCUT2D eigenvalue weighted by Gasteiger charge is -2.45. The topological polar surface area (TPSA) is 15.3 Å². The predicted molar refractivity (Wildman–Crippen MR) is 88.7 cm³/mol. The zero-order valence-electron chi connectivity index (χ0n) is 13.8. The van der Waals surface area contributed by atoms with Crippen molar-refractivity contribution in [3.05, 3.63) is 29.8 Å². The molecule has 0 unspecified atom stereocenters. The number of hydrogen-bond acceptors (Lipinski definition) is 2. The van der Waals surface area contributed by atoms with Crippen molar-refractivity contribution in [1.82, 2.24) is 5.32 Å². The van der Waals surface area contributed by atoms with Gasteiger partial charge in [-0.15, -0.1) is 0 Å². The van der Waals surface area contributed by atoms with Crippen LogP contribution in [0.3, 0.4) is 0 Å². The molecule has 1 aromatic carbocycles. The molecule has 0 aromatic heterocycles. The van der Waals surface area contributed by atoms with Crippen LogP contribution in [0.15, 0.2) is 24.3 Å². The van der Waals surface area contributed by atoms with Crippen molar-refractivity contribution in [3.63, 3.8) is 0 Å². The van der Waals surface area contributed by atoms with E-state index in [0.717, 1.165) is 19.6 Å². The summed E-state index contributed by atoms with van der Waals surface area (Å²) in [5.74, 6) is 0.